The predicted octanol–water partition coefficient (Wildman–Crippen LogP) is 2.98. The highest BCUT2D eigenvalue weighted by molar-refractivity contribution is 7.71. The van der Waals surface area contributed by atoms with Crippen molar-refractivity contribution in [3.63, 3.8) is 0 Å². The SMILES string of the molecule is CCCn1c(=S)[nH]c2c(C#N)cccc21. The van der Waals surface area contributed by atoms with Gasteiger partial charge in [-0.15, -0.1) is 0 Å². The summed E-state index contributed by atoms with van der Waals surface area (Å²) in [5.74, 6) is 0. The molecule has 4 heteroatoms. The van der Waals surface area contributed by atoms with E-state index < -0.39 is 0 Å². The van der Waals surface area contributed by atoms with Crippen molar-refractivity contribution in [1.82, 2.24) is 9.55 Å². The molecule has 15 heavy (non-hydrogen) atoms. The lowest BCUT2D eigenvalue weighted by Gasteiger charge is -2.00. The van der Waals surface area contributed by atoms with Gasteiger partial charge >= 0.3 is 0 Å². The van der Waals surface area contributed by atoms with Crippen molar-refractivity contribution in [2.75, 3.05) is 0 Å². The lowest BCUT2D eigenvalue weighted by molar-refractivity contribution is 0.688. The van der Waals surface area contributed by atoms with Crippen LogP contribution in [0.25, 0.3) is 11.0 Å². The molecule has 0 spiro atoms. The molecule has 1 N–H and O–H groups in total. The number of aromatic amines is 1. The lowest BCUT2D eigenvalue weighted by Crippen LogP contribution is -1.95. The molecular weight excluding hydrogens is 206 g/mol. The minimum Gasteiger partial charge on any atom is -0.329 e. The van der Waals surface area contributed by atoms with Gasteiger partial charge in [0.1, 0.15) is 6.07 Å². The van der Waals surface area contributed by atoms with Crippen molar-refractivity contribution < 1.29 is 0 Å². The smallest absolute Gasteiger partial charge is 0.178 e. The molecule has 1 aromatic carbocycles. The summed E-state index contributed by atoms with van der Waals surface area (Å²) >= 11 is 5.22. The first-order valence-corrected chi connectivity index (χ1v) is 5.30. The van der Waals surface area contributed by atoms with Gasteiger partial charge < -0.3 is 9.55 Å². The van der Waals surface area contributed by atoms with Gasteiger partial charge in [-0.3, -0.25) is 0 Å². The zero-order valence-electron chi connectivity index (χ0n) is 8.45. The van der Waals surface area contributed by atoms with Crippen LogP contribution in [0.5, 0.6) is 0 Å². The van der Waals surface area contributed by atoms with E-state index in [2.05, 4.69) is 18.0 Å². The molecule has 76 valence electrons. The molecule has 0 saturated heterocycles. The van der Waals surface area contributed by atoms with Crippen LogP contribution in [0.1, 0.15) is 18.9 Å². The van der Waals surface area contributed by atoms with Gasteiger partial charge in [-0.1, -0.05) is 13.0 Å². The van der Waals surface area contributed by atoms with Crippen molar-refractivity contribution in [2.24, 2.45) is 0 Å². The van der Waals surface area contributed by atoms with Crippen LogP contribution in [0.15, 0.2) is 18.2 Å². The number of aryl methyl sites for hydroxylation is 1. The number of nitrogens with one attached hydrogen (secondary N) is 1. The van der Waals surface area contributed by atoms with E-state index >= 15 is 0 Å². The molecule has 0 radical (unpaired) electrons. The normalized spacial score (nSPS) is 10.4. The third-order valence-corrected chi connectivity index (χ3v) is 2.70. The van der Waals surface area contributed by atoms with E-state index in [0.29, 0.717) is 10.3 Å². The molecule has 1 heterocycles. The van der Waals surface area contributed by atoms with E-state index in [0.717, 1.165) is 24.0 Å². The molecule has 0 bridgehead atoms. The summed E-state index contributed by atoms with van der Waals surface area (Å²) in [6.45, 7) is 2.99. The molecule has 0 atom stereocenters. The number of fused-ring (bicyclic) bond motifs is 1. The molecule has 2 aromatic rings. The number of benzene rings is 1. The van der Waals surface area contributed by atoms with E-state index in [1.807, 2.05) is 16.7 Å². The Labute approximate surface area is 93.0 Å². The summed E-state index contributed by atoms with van der Waals surface area (Å²) < 4.78 is 2.72. The minimum absolute atomic E-state index is 0.647. The number of nitriles is 1. The quantitative estimate of drug-likeness (QED) is 0.786. The molecule has 0 aliphatic heterocycles. The highest BCUT2D eigenvalue weighted by atomic mass is 32.1. The zero-order valence-corrected chi connectivity index (χ0v) is 9.27. The molecule has 1 aromatic heterocycles. The summed E-state index contributed by atoms with van der Waals surface area (Å²) in [6.07, 6.45) is 1.03. The van der Waals surface area contributed by atoms with Crippen molar-refractivity contribution in [1.29, 1.82) is 5.26 Å². The Bertz CT molecular complexity index is 586. The molecule has 0 aliphatic rings. The maximum atomic E-state index is 8.95. The van der Waals surface area contributed by atoms with Crippen molar-refractivity contribution in [3.05, 3.63) is 28.5 Å². The van der Waals surface area contributed by atoms with Gasteiger partial charge in [0.25, 0.3) is 0 Å². The number of para-hydroxylation sites is 1. The van der Waals surface area contributed by atoms with Crippen LogP contribution in [-0.2, 0) is 6.54 Å². The first kappa shape index (κ1) is 9.94. The summed E-state index contributed by atoms with van der Waals surface area (Å²) in [5, 5.41) is 8.95. The number of nitrogens with zero attached hydrogens (tertiary/aromatic N) is 2. The van der Waals surface area contributed by atoms with Gasteiger partial charge in [0.05, 0.1) is 16.6 Å². The van der Waals surface area contributed by atoms with Crippen LogP contribution in [0, 0.1) is 16.1 Å². The maximum absolute atomic E-state index is 8.95. The van der Waals surface area contributed by atoms with Crippen molar-refractivity contribution in [2.45, 2.75) is 19.9 Å². The molecule has 3 nitrogen and oxygen atoms in total. The summed E-state index contributed by atoms with van der Waals surface area (Å²) in [4.78, 5) is 3.09. The summed E-state index contributed by atoms with van der Waals surface area (Å²) in [5.41, 5.74) is 2.51. The molecule has 0 fully saturated rings. The van der Waals surface area contributed by atoms with Crippen LogP contribution < -0.4 is 0 Å². The Balaban J connectivity index is 2.80. The Morgan fingerprint density at radius 1 is 1.53 bits per heavy atom. The second kappa shape index (κ2) is 3.87. The van der Waals surface area contributed by atoms with Gasteiger partial charge in [-0.25, -0.2) is 0 Å². The van der Waals surface area contributed by atoms with E-state index in [9.17, 15) is 0 Å². The highest BCUT2D eigenvalue weighted by Gasteiger charge is 2.06. The Morgan fingerprint density at radius 2 is 2.33 bits per heavy atom. The molecule has 0 amide bonds. The van der Waals surface area contributed by atoms with Crippen molar-refractivity contribution >= 4 is 23.3 Å². The van der Waals surface area contributed by atoms with E-state index in [1.165, 1.54) is 0 Å². The fraction of sp³-hybridized carbons (Fsp3) is 0.273. The standard InChI is InChI=1S/C11H11N3S/c1-2-6-14-9-5-3-4-8(7-12)10(9)13-11(14)15/h3-5H,2,6H2,1H3,(H,13,15). The maximum Gasteiger partial charge on any atom is 0.178 e. The average molecular weight is 217 g/mol. The van der Waals surface area contributed by atoms with Crippen molar-refractivity contribution in [3.8, 4) is 6.07 Å². The topological polar surface area (TPSA) is 44.5 Å². The average Bonchev–Trinajstić information content (AvgIpc) is 2.56. The number of H-pyrrole nitrogens is 1. The number of hydrogen-bond acceptors (Lipinski definition) is 2. The lowest BCUT2D eigenvalue weighted by atomic mass is 10.2. The number of hydrogen-bond donors (Lipinski definition) is 1. The van der Waals surface area contributed by atoms with Gasteiger partial charge in [0.2, 0.25) is 0 Å². The highest BCUT2D eigenvalue weighted by Crippen LogP contribution is 2.18. The molecule has 2 rings (SSSR count). The van der Waals surface area contributed by atoms with E-state index in [4.69, 9.17) is 17.5 Å². The third kappa shape index (κ3) is 1.55. The van der Waals surface area contributed by atoms with Crippen LogP contribution in [-0.4, -0.2) is 9.55 Å². The number of imidazole rings is 1. The number of rotatable bonds is 2. The summed E-state index contributed by atoms with van der Waals surface area (Å²) in [7, 11) is 0. The van der Waals surface area contributed by atoms with Crippen LogP contribution in [0.4, 0.5) is 0 Å². The number of aromatic nitrogens is 2. The predicted molar refractivity (Wildman–Crippen MR) is 62.1 cm³/mol. The van der Waals surface area contributed by atoms with Crippen LogP contribution in [0.2, 0.25) is 0 Å². The Morgan fingerprint density at radius 3 is 3.00 bits per heavy atom. The molecule has 0 saturated carbocycles. The van der Waals surface area contributed by atoms with E-state index in [-0.39, 0.29) is 0 Å². The first-order valence-electron chi connectivity index (χ1n) is 4.89. The summed E-state index contributed by atoms with van der Waals surface area (Å²) in [6, 6.07) is 7.83. The third-order valence-electron chi connectivity index (χ3n) is 2.38. The second-order valence-electron chi connectivity index (χ2n) is 3.39. The largest absolute Gasteiger partial charge is 0.329 e. The van der Waals surface area contributed by atoms with Crippen LogP contribution >= 0.6 is 12.2 Å². The zero-order chi connectivity index (χ0) is 10.8. The molecular formula is C11H11N3S. The van der Waals surface area contributed by atoms with E-state index in [1.54, 1.807) is 6.07 Å². The van der Waals surface area contributed by atoms with Gasteiger partial charge in [0, 0.05) is 6.54 Å². The monoisotopic (exact) mass is 217 g/mol. The van der Waals surface area contributed by atoms with Crippen LogP contribution in [0.3, 0.4) is 0 Å². The molecule has 0 unspecified atom stereocenters. The fourth-order valence-electron chi connectivity index (χ4n) is 1.72. The van der Waals surface area contributed by atoms with Gasteiger partial charge in [0.15, 0.2) is 4.77 Å². The fourth-order valence-corrected chi connectivity index (χ4v) is 2.01. The first-order chi connectivity index (χ1) is 7.27. The minimum atomic E-state index is 0.647. The van der Waals surface area contributed by atoms with Gasteiger partial charge in [-0.2, -0.15) is 5.26 Å². The Kier molecular flexibility index (Phi) is 2.57. The van der Waals surface area contributed by atoms with Gasteiger partial charge in [-0.05, 0) is 30.8 Å². The molecule has 0 aliphatic carbocycles. The second-order valence-corrected chi connectivity index (χ2v) is 3.78. The Hall–Kier alpha value is -1.60.